The number of aromatic nitrogens is 2. The number of hydrogen-bond donors (Lipinski definition) is 2. The van der Waals surface area contributed by atoms with E-state index >= 15 is 0 Å². The number of fused-ring (bicyclic) bond motifs is 1. The summed E-state index contributed by atoms with van der Waals surface area (Å²) in [6, 6.07) is 2.55. The van der Waals surface area contributed by atoms with Gasteiger partial charge >= 0.3 is 0 Å². The molecule has 3 rings (SSSR count). The van der Waals surface area contributed by atoms with Gasteiger partial charge < -0.3 is 14.9 Å². The molecule has 1 aromatic carbocycles. The largest absolute Gasteiger partial charge is 0.337 e. The fraction of sp³-hybridized carbons (Fsp3) is 0.400. The zero-order valence-electron chi connectivity index (χ0n) is 12.2. The highest BCUT2D eigenvalue weighted by Crippen LogP contribution is 2.32. The molecule has 0 aliphatic heterocycles. The van der Waals surface area contributed by atoms with Crippen molar-refractivity contribution in [1.82, 2.24) is 14.9 Å². The first-order valence-electron chi connectivity index (χ1n) is 7.00. The normalized spacial score (nSPS) is 17.0. The van der Waals surface area contributed by atoms with Gasteiger partial charge in [-0.1, -0.05) is 0 Å². The fourth-order valence-electron chi connectivity index (χ4n) is 3.14. The van der Waals surface area contributed by atoms with Gasteiger partial charge in [0.05, 0.1) is 5.69 Å². The summed E-state index contributed by atoms with van der Waals surface area (Å²) in [6.07, 6.45) is 3.91. The predicted molar refractivity (Wildman–Crippen MR) is 87.0 cm³/mol. The predicted octanol–water partition coefficient (Wildman–Crippen LogP) is 3.70. The van der Waals surface area contributed by atoms with E-state index in [1.54, 1.807) is 0 Å². The van der Waals surface area contributed by atoms with E-state index in [9.17, 15) is 8.78 Å². The molecule has 0 amide bonds. The molecule has 2 aromatic rings. The Balaban J connectivity index is 0.00000176. The van der Waals surface area contributed by atoms with E-state index in [1.165, 1.54) is 6.07 Å². The molecular weight excluding hydrogens is 328 g/mol. The molecule has 1 aliphatic rings. The molecule has 1 heterocycles. The van der Waals surface area contributed by atoms with Crippen LogP contribution in [0.5, 0.6) is 0 Å². The molecular formula is C15H18ClF2N3S. The standard InChI is InChI=1S/C15H17F2N3S.ClH/c1-18-7-12-8-19-15(21)20(12)11-2-3-13-9(5-11)4-10(16)6-14(13)17;/h4,6,8,11,18H,2-3,5,7H2,1H3,(H,19,21);1H/t11-;/m0./s1. The maximum atomic E-state index is 13.8. The molecule has 0 radical (unpaired) electrons. The molecule has 120 valence electrons. The maximum absolute atomic E-state index is 13.8. The number of aromatic amines is 1. The van der Waals surface area contributed by atoms with E-state index in [1.807, 2.05) is 13.2 Å². The molecule has 0 saturated carbocycles. The third kappa shape index (κ3) is 3.09. The van der Waals surface area contributed by atoms with E-state index in [-0.39, 0.29) is 18.4 Å². The Morgan fingerprint density at radius 2 is 2.18 bits per heavy atom. The average molecular weight is 346 g/mol. The van der Waals surface area contributed by atoms with Gasteiger partial charge in [-0.3, -0.25) is 0 Å². The van der Waals surface area contributed by atoms with Crippen molar-refractivity contribution >= 4 is 24.6 Å². The Bertz CT molecular complexity index is 726. The zero-order chi connectivity index (χ0) is 15.0. The van der Waals surface area contributed by atoms with Crippen LogP contribution in [-0.2, 0) is 19.4 Å². The quantitative estimate of drug-likeness (QED) is 0.832. The zero-order valence-corrected chi connectivity index (χ0v) is 13.8. The van der Waals surface area contributed by atoms with E-state index in [0.29, 0.717) is 29.7 Å². The Hall–Kier alpha value is -1.24. The van der Waals surface area contributed by atoms with Crippen molar-refractivity contribution < 1.29 is 8.78 Å². The third-order valence-electron chi connectivity index (χ3n) is 4.05. The van der Waals surface area contributed by atoms with Crippen LogP contribution in [0.25, 0.3) is 0 Å². The Morgan fingerprint density at radius 1 is 1.41 bits per heavy atom. The van der Waals surface area contributed by atoms with Crippen LogP contribution in [0.15, 0.2) is 18.3 Å². The molecule has 22 heavy (non-hydrogen) atoms. The number of benzene rings is 1. The van der Waals surface area contributed by atoms with Crippen LogP contribution in [0.2, 0.25) is 0 Å². The number of H-pyrrole nitrogens is 1. The summed E-state index contributed by atoms with van der Waals surface area (Å²) < 4.78 is 29.9. The molecule has 0 unspecified atom stereocenters. The van der Waals surface area contributed by atoms with Gasteiger partial charge in [0.1, 0.15) is 11.6 Å². The highest BCUT2D eigenvalue weighted by Gasteiger charge is 2.25. The summed E-state index contributed by atoms with van der Waals surface area (Å²) in [4.78, 5) is 3.06. The van der Waals surface area contributed by atoms with Crippen LogP contribution in [-0.4, -0.2) is 16.6 Å². The van der Waals surface area contributed by atoms with Crippen molar-refractivity contribution in [2.24, 2.45) is 0 Å². The molecule has 7 heteroatoms. The van der Waals surface area contributed by atoms with Crippen molar-refractivity contribution in [2.75, 3.05) is 7.05 Å². The summed E-state index contributed by atoms with van der Waals surface area (Å²) in [5, 5.41) is 3.11. The van der Waals surface area contributed by atoms with Gasteiger partial charge in [-0.25, -0.2) is 8.78 Å². The van der Waals surface area contributed by atoms with Gasteiger partial charge in [-0.15, -0.1) is 12.4 Å². The minimum atomic E-state index is -0.514. The number of nitrogens with zero attached hydrogens (tertiary/aromatic N) is 1. The van der Waals surface area contributed by atoms with Gasteiger partial charge in [0.25, 0.3) is 0 Å². The third-order valence-corrected chi connectivity index (χ3v) is 4.36. The summed E-state index contributed by atoms with van der Waals surface area (Å²) in [6.45, 7) is 0.702. The molecule has 0 fully saturated rings. The summed E-state index contributed by atoms with van der Waals surface area (Å²) in [5.74, 6) is -0.948. The first-order valence-corrected chi connectivity index (χ1v) is 7.41. The van der Waals surface area contributed by atoms with Crippen molar-refractivity contribution in [3.05, 3.63) is 51.6 Å². The van der Waals surface area contributed by atoms with Crippen LogP contribution >= 0.6 is 24.6 Å². The van der Waals surface area contributed by atoms with Crippen molar-refractivity contribution in [2.45, 2.75) is 31.8 Å². The average Bonchev–Trinajstić information content (AvgIpc) is 2.79. The molecule has 0 bridgehead atoms. The van der Waals surface area contributed by atoms with E-state index in [2.05, 4.69) is 14.9 Å². The number of imidazole rings is 1. The molecule has 0 spiro atoms. The van der Waals surface area contributed by atoms with Gasteiger partial charge in [0, 0.05) is 24.8 Å². The topological polar surface area (TPSA) is 32.8 Å². The minimum absolute atomic E-state index is 0. The van der Waals surface area contributed by atoms with Crippen molar-refractivity contribution in [1.29, 1.82) is 0 Å². The Labute approximate surface area is 139 Å². The van der Waals surface area contributed by atoms with Crippen LogP contribution in [0.3, 0.4) is 0 Å². The first kappa shape index (κ1) is 17.1. The molecule has 2 N–H and O–H groups in total. The number of rotatable bonds is 3. The minimum Gasteiger partial charge on any atom is -0.337 e. The second kappa shape index (κ2) is 6.89. The van der Waals surface area contributed by atoms with Crippen LogP contribution in [0, 0.1) is 16.4 Å². The second-order valence-corrected chi connectivity index (χ2v) is 5.79. The molecule has 1 aliphatic carbocycles. The lowest BCUT2D eigenvalue weighted by atomic mass is 9.87. The van der Waals surface area contributed by atoms with Crippen LogP contribution in [0.1, 0.15) is 29.3 Å². The summed E-state index contributed by atoms with van der Waals surface area (Å²) >= 11 is 5.35. The molecule has 1 aromatic heterocycles. The van der Waals surface area contributed by atoms with Gasteiger partial charge in [-0.05, 0) is 55.7 Å². The lowest BCUT2D eigenvalue weighted by Gasteiger charge is -2.27. The lowest BCUT2D eigenvalue weighted by molar-refractivity contribution is 0.413. The van der Waals surface area contributed by atoms with E-state index < -0.39 is 11.6 Å². The first-order chi connectivity index (χ1) is 10.1. The van der Waals surface area contributed by atoms with Crippen molar-refractivity contribution in [3.63, 3.8) is 0 Å². The highest BCUT2D eigenvalue weighted by molar-refractivity contribution is 7.71. The number of halogens is 3. The highest BCUT2D eigenvalue weighted by atomic mass is 35.5. The van der Waals surface area contributed by atoms with E-state index in [0.717, 1.165) is 23.7 Å². The lowest BCUT2D eigenvalue weighted by Crippen LogP contribution is -2.23. The summed E-state index contributed by atoms with van der Waals surface area (Å²) in [7, 11) is 1.88. The monoisotopic (exact) mass is 345 g/mol. The summed E-state index contributed by atoms with van der Waals surface area (Å²) in [5.41, 5.74) is 2.46. The molecule has 0 saturated heterocycles. The second-order valence-electron chi connectivity index (χ2n) is 5.41. The SMILES string of the molecule is CNCc1c[nH]c(=S)n1[C@H]1CCc2c(F)cc(F)cc2C1.Cl. The van der Waals surface area contributed by atoms with Gasteiger partial charge in [0.2, 0.25) is 0 Å². The van der Waals surface area contributed by atoms with Gasteiger partial charge in [-0.2, -0.15) is 0 Å². The van der Waals surface area contributed by atoms with E-state index in [4.69, 9.17) is 12.2 Å². The Morgan fingerprint density at radius 3 is 2.91 bits per heavy atom. The number of nitrogens with one attached hydrogen (secondary N) is 2. The van der Waals surface area contributed by atoms with Crippen LogP contribution in [0.4, 0.5) is 8.78 Å². The fourth-order valence-corrected chi connectivity index (χ4v) is 3.46. The Kier molecular flexibility index (Phi) is 5.36. The van der Waals surface area contributed by atoms with Crippen molar-refractivity contribution in [3.8, 4) is 0 Å². The van der Waals surface area contributed by atoms with Crippen LogP contribution < -0.4 is 5.32 Å². The maximum Gasteiger partial charge on any atom is 0.177 e. The molecule has 1 atom stereocenters. The smallest absolute Gasteiger partial charge is 0.177 e. The molecule has 3 nitrogen and oxygen atoms in total. The van der Waals surface area contributed by atoms with Gasteiger partial charge in [0.15, 0.2) is 4.77 Å². The number of hydrogen-bond acceptors (Lipinski definition) is 2.